The van der Waals surface area contributed by atoms with Gasteiger partial charge in [-0.25, -0.2) is 4.39 Å². The molecule has 0 aliphatic heterocycles. The van der Waals surface area contributed by atoms with Gasteiger partial charge in [-0.3, -0.25) is 4.68 Å². The Morgan fingerprint density at radius 2 is 2.22 bits per heavy atom. The van der Waals surface area contributed by atoms with E-state index >= 15 is 0 Å². The van der Waals surface area contributed by atoms with E-state index in [0.717, 1.165) is 24.3 Å². The minimum atomic E-state index is -0.244. The maximum Gasteiger partial charge on any atom is 0.145 e. The van der Waals surface area contributed by atoms with Gasteiger partial charge in [0.1, 0.15) is 17.4 Å². The Morgan fingerprint density at radius 3 is 2.89 bits per heavy atom. The fraction of sp³-hybridized carbons (Fsp3) is 0.308. The standard InChI is InChI=1S/C13H16FN3O/c1-10-9-11(14)3-4-12(10)18-8-2-6-17-7-5-13(15)16-17/h3-5,7,9H,2,6,8H2,1H3,(H2,15,16). The van der Waals surface area contributed by atoms with E-state index in [1.165, 1.54) is 12.1 Å². The zero-order valence-corrected chi connectivity index (χ0v) is 10.3. The summed E-state index contributed by atoms with van der Waals surface area (Å²) in [5.41, 5.74) is 6.31. The molecule has 4 nitrogen and oxygen atoms in total. The first kappa shape index (κ1) is 12.4. The van der Waals surface area contributed by atoms with Crippen molar-refractivity contribution in [1.29, 1.82) is 0 Å². The average molecular weight is 249 g/mol. The molecule has 2 aromatic rings. The van der Waals surface area contributed by atoms with Crippen LogP contribution in [0.2, 0.25) is 0 Å². The summed E-state index contributed by atoms with van der Waals surface area (Å²) in [6, 6.07) is 6.27. The lowest BCUT2D eigenvalue weighted by Gasteiger charge is -2.09. The molecule has 0 spiro atoms. The number of nitrogens with two attached hydrogens (primary N) is 1. The average Bonchev–Trinajstić information content (AvgIpc) is 2.73. The van der Waals surface area contributed by atoms with Crippen molar-refractivity contribution < 1.29 is 9.13 Å². The highest BCUT2D eigenvalue weighted by atomic mass is 19.1. The summed E-state index contributed by atoms with van der Waals surface area (Å²) in [5, 5.41) is 4.07. The SMILES string of the molecule is Cc1cc(F)ccc1OCCCn1ccc(N)n1. The van der Waals surface area contributed by atoms with Crippen LogP contribution in [-0.2, 0) is 6.54 Å². The number of ether oxygens (including phenoxy) is 1. The number of hydrogen-bond donors (Lipinski definition) is 1. The molecule has 0 saturated carbocycles. The zero-order chi connectivity index (χ0) is 13.0. The van der Waals surface area contributed by atoms with Crippen molar-refractivity contribution in [1.82, 2.24) is 9.78 Å². The lowest BCUT2D eigenvalue weighted by Crippen LogP contribution is -2.06. The number of benzene rings is 1. The molecule has 1 aromatic carbocycles. The van der Waals surface area contributed by atoms with Gasteiger partial charge in [-0.15, -0.1) is 0 Å². The van der Waals surface area contributed by atoms with Crippen LogP contribution in [0.15, 0.2) is 30.5 Å². The third kappa shape index (κ3) is 3.23. The minimum absolute atomic E-state index is 0.244. The Morgan fingerprint density at radius 1 is 1.39 bits per heavy atom. The number of anilines is 1. The lowest BCUT2D eigenvalue weighted by atomic mass is 10.2. The quantitative estimate of drug-likeness (QED) is 0.828. The van der Waals surface area contributed by atoms with Crippen molar-refractivity contribution in [3.63, 3.8) is 0 Å². The van der Waals surface area contributed by atoms with Crippen molar-refractivity contribution in [3.8, 4) is 5.75 Å². The molecule has 2 rings (SSSR count). The molecular weight excluding hydrogens is 233 g/mol. The number of hydrogen-bond acceptors (Lipinski definition) is 3. The van der Waals surface area contributed by atoms with Gasteiger partial charge in [-0.05, 0) is 36.8 Å². The summed E-state index contributed by atoms with van der Waals surface area (Å²) >= 11 is 0. The molecule has 0 bridgehead atoms. The van der Waals surface area contributed by atoms with E-state index in [4.69, 9.17) is 10.5 Å². The second-order valence-corrected chi connectivity index (χ2v) is 4.12. The van der Waals surface area contributed by atoms with Crippen molar-refractivity contribution in [2.45, 2.75) is 19.9 Å². The number of rotatable bonds is 5. The van der Waals surface area contributed by atoms with Gasteiger partial charge in [-0.2, -0.15) is 5.10 Å². The fourth-order valence-electron chi connectivity index (χ4n) is 1.69. The summed E-state index contributed by atoms with van der Waals surface area (Å²) in [5.74, 6) is 0.994. The van der Waals surface area contributed by atoms with Gasteiger partial charge in [0.2, 0.25) is 0 Å². The van der Waals surface area contributed by atoms with Gasteiger partial charge in [-0.1, -0.05) is 0 Å². The topological polar surface area (TPSA) is 53.1 Å². The largest absolute Gasteiger partial charge is 0.493 e. The van der Waals surface area contributed by atoms with Crippen LogP contribution in [0.3, 0.4) is 0 Å². The first-order valence-electron chi connectivity index (χ1n) is 5.83. The maximum absolute atomic E-state index is 12.9. The normalized spacial score (nSPS) is 10.6. The predicted molar refractivity (Wildman–Crippen MR) is 67.9 cm³/mol. The van der Waals surface area contributed by atoms with Gasteiger partial charge in [0, 0.05) is 19.2 Å². The van der Waals surface area contributed by atoms with E-state index in [-0.39, 0.29) is 5.82 Å². The smallest absolute Gasteiger partial charge is 0.145 e. The fourth-order valence-corrected chi connectivity index (χ4v) is 1.69. The molecule has 1 heterocycles. The van der Waals surface area contributed by atoms with Crippen LogP contribution in [-0.4, -0.2) is 16.4 Å². The summed E-state index contributed by atoms with van der Waals surface area (Å²) in [6.45, 7) is 3.14. The summed E-state index contributed by atoms with van der Waals surface area (Å²) in [7, 11) is 0. The molecule has 0 amide bonds. The van der Waals surface area contributed by atoms with Crippen LogP contribution in [0.5, 0.6) is 5.75 Å². The lowest BCUT2D eigenvalue weighted by molar-refractivity contribution is 0.296. The van der Waals surface area contributed by atoms with E-state index in [1.54, 1.807) is 16.8 Å². The highest BCUT2D eigenvalue weighted by molar-refractivity contribution is 5.32. The Kier molecular flexibility index (Phi) is 3.82. The van der Waals surface area contributed by atoms with Gasteiger partial charge in [0.05, 0.1) is 6.61 Å². The summed E-state index contributed by atoms with van der Waals surface area (Å²) in [6.07, 6.45) is 2.65. The second-order valence-electron chi connectivity index (χ2n) is 4.12. The third-order valence-electron chi connectivity index (χ3n) is 2.59. The maximum atomic E-state index is 12.9. The van der Waals surface area contributed by atoms with Crippen LogP contribution in [0, 0.1) is 12.7 Å². The Balaban J connectivity index is 1.78. The molecule has 0 atom stereocenters. The number of nitrogen functional groups attached to an aromatic ring is 1. The molecule has 2 N–H and O–H groups in total. The summed E-state index contributed by atoms with van der Waals surface area (Å²) < 4.78 is 20.2. The van der Waals surface area contributed by atoms with Crippen LogP contribution < -0.4 is 10.5 Å². The molecule has 5 heteroatoms. The molecule has 0 saturated heterocycles. The van der Waals surface area contributed by atoms with E-state index in [2.05, 4.69) is 5.10 Å². The van der Waals surface area contributed by atoms with Crippen LogP contribution in [0.4, 0.5) is 10.2 Å². The van der Waals surface area contributed by atoms with Gasteiger partial charge >= 0.3 is 0 Å². The highest BCUT2D eigenvalue weighted by Gasteiger charge is 2.01. The Bertz CT molecular complexity index is 525. The Hall–Kier alpha value is -2.04. The van der Waals surface area contributed by atoms with Gasteiger partial charge in [0.15, 0.2) is 0 Å². The van der Waals surface area contributed by atoms with E-state index in [1.807, 2.05) is 13.1 Å². The molecule has 0 fully saturated rings. The number of aromatic nitrogens is 2. The van der Waals surface area contributed by atoms with E-state index in [9.17, 15) is 4.39 Å². The van der Waals surface area contributed by atoms with Crippen molar-refractivity contribution in [3.05, 3.63) is 41.8 Å². The van der Waals surface area contributed by atoms with Gasteiger partial charge in [0.25, 0.3) is 0 Å². The highest BCUT2D eigenvalue weighted by Crippen LogP contribution is 2.18. The third-order valence-corrected chi connectivity index (χ3v) is 2.59. The first-order valence-corrected chi connectivity index (χ1v) is 5.83. The summed E-state index contributed by atoms with van der Waals surface area (Å²) in [4.78, 5) is 0. The van der Waals surface area contributed by atoms with Crippen LogP contribution in [0.25, 0.3) is 0 Å². The molecule has 1 aromatic heterocycles. The van der Waals surface area contributed by atoms with E-state index in [0.29, 0.717) is 12.4 Å². The number of nitrogens with zero attached hydrogens (tertiary/aromatic N) is 2. The molecule has 18 heavy (non-hydrogen) atoms. The number of halogens is 1. The molecular formula is C13H16FN3O. The Labute approximate surface area is 105 Å². The van der Waals surface area contributed by atoms with Crippen molar-refractivity contribution >= 4 is 5.82 Å². The number of aryl methyl sites for hydroxylation is 2. The molecule has 96 valence electrons. The van der Waals surface area contributed by atoms with Crippen molar-refractivity contribution in [2.24, 2.45) is 0 Å². The molecule has 0 unspecified atom stereocenters. The van der Waals surface area contributed by atoms with Crippen molar-refractivity contribution in [2.75, 3.05) is 12.3 Å². The van der Waals surface area contributed by atoms with Crippen LogP contribution >= 0.6 is 0 Å². The zero-order valence-electron chi connectivity index (χ0n) is 10.3. The monoisotopic (exact) mass is 249 g/mol. The second kappa shape index (κ2) is 5.53. The molecule has 0 aliphatic carbocycles. The minimum Gasteiger partial charge on any atom is -0.493 e. The van der Waals surface area contributed by atoms with E-state index < -0.39 is 0 Å². The van der Waals surface area contributed by atoms with Gasteiger partial charge < -0.3 is 10.5 Å². The first-order chi connectivity index (χ1) is 8.65. The molecule has 0 radical (unpaired) electrons. The molecule has 0 aliphatic rings. The van der Waals surface area contributed by atoms with Crippen LogP contribution in [0.1, 0.15) is 12.0 Å². The predicted octanol–water partition coefficient (Wildman–Crippen LogP) is 2.38.